The van der Waals surface area contributed by atoms with Crippen LogP contribution in [-0.2, 0) is 17.8 Å². The van der Waals surface area contributed by atoms with Gasteiger partial charge in [-0.15, -0.1) is 0 Å². The molecule has 0 fully saturated rings. The number of hydrogen-bond donors (Lipinski definition) is 1. The molecular weight excluding hydrogens is 256 g/mol. The van der Waals surface area contributed by atoms with E-state index >= 15 is 0 Å². The molecule has 0 aliphatic rings. The molecule has 1 heterocycles. The minimum Gasteiger partial charge on any atom is -0.503 e. The minimum atomic E-state index is -0.298. The summed E-state index contributed by atoms with van der Waals surface area (Å²) in [5.74, 6) is -0.125. The van der Waals surface area contributed by atoms with Gasteiger partial charge in [0, 0.05) is 38.6 Å². The summed E-state index contributed by atoms with van der Waals surface area (Å²) in [7, 11) is 1.67. The van der Waals surface area contributed by atoms with Crippen molar-refractivity contribution in [3.8, 4) is 5.75 Å². The van der Waals surface area contributed by atoms with Crippen LogP contribution in [0, 0.1) is 6.92 Å². The van der Waals surface area contributed by atoms with E-state index in [0.29, 0.717) is 18.8 Å². The first-order valence-electron chi connectivity index (χ1n) is 7.18. The summed E-state index contributed by atoms with van der Waals surface area (Å²) in [6.45, 7) is 9.81. The molecule has 0 aromatic carbocycles. The molecule has 5 heteroatoms. The van der Waals surface area contributed by atoms with Crippen molar-refractivity contribution in [1.82, 2.24) is 9.47 Å². The third kappa shape index (κ3) is 4.08. The maximum Gasteiger partial charge on any atom is 0.223 e. The molecule has 1 aromatic heterocycles. The number of methoxy groups -OCH3 is 1. The summed E-state index contributed by atoms with van der Waals surface area (Å²) in [4.78, 5) is 14.0. The maximum absolute atomic E-state index is 11.8. The summed E-state index contributed by atoms with van der Waals surface area (Å²) < 4.78 is 7.09. The molecule has 0 saturated heterocycles. The molecule has 0 spiro atoms. The van der Waals surface area contributed by atoms with Gasteiger partial charge in [-0.3, -0.25) is 9.69 Å². The lowest BCUT2D eigenvalue weighted by Gasteiger charge is -2.23. The summed E-state index contributed by atoms with van der Waals surface area (Å²) in [6, 6.07) is 1.49. The van der Waals surface area contributed by atoms with Gasteiger partial charge in [0.05, 0.1) is 5.69 Å². The quantitative estimate of drug-likeness (QED) is 0.738. The van der Waals surface area contributed by atoms with Crippen LogP contribution in [0.1, 0.15) is 31.7 Å². The highest BCUT2D eigenvalue weighted by atomic mass is 16.5. The van der Waals surface area contributed by atoms with Gasteiger partial charge in [-0.05, 0) is 26.4 Å². The topological polar surface area (TPSA) is 54.7 Å². The average Bonchev–Trinajstić information content (AvgIpc) is 2.44. The van der Waals surface area contributed by atoms with Crippen molar-refractivity contribution in [2.75, 3.05) is 26.8 Å². The van der Waals surface area contributed by atoms with E-state index in [-0.39, 0.29) is 11.2 Å². The number of aromatic hydroxyl groups is 1. The number of aromatic nitrogens is 1. The van der Waals surface area contributed by atoms with Gasteiger partial charge in [0.1, 0.15) is 0 Å². The van der Waals surface area contributed by atoms with Crippen molar-refractivity contribution in [1.29, 1.82) is 0 Å². The minimum absolute atomic E-state index is 0.125. The van der Waals surface area contributed by atoms with Crippen molar-refractivity contribution in [3.05, 3.63) is 27.7 Å². The van der Waals surface area contributed by atoms with Gasteiger partial charge < -0.3 is 14.4 Å². The van der Waals surface area contributed by atoms with Gasteiger partial charge in [-0.1, -0.05) is 13.8 Å². The number of nitrogens with zero attached hydrogens (tertiary/aromatic N) is 2. The van der Waals surface area contributed by atoms with Crippen LogP contribution in [0.25, 0.3) is 0 Å². The fourth-order valence-electron chi connectivity index (χ4n) is 2.32. The third-order valence-electron chi connectivity index (χ3n) is 3.60. The van der Waals surface area contributed by atoms with E-state index in [0.717, 1.165) is 31.7 Å². The number of aryl methyl sites for hydroxylation is 1. The molecule has 0 aliphatic carbocycles. The summed E-state index contributed by atoms with van der Waals surface area (Å²) in [5, 5.41) is 10.1. The first kappa shape index (κ1) is 16.7. The van der Waals surface area contributed by atoms with E-state index in [1.165, 1.54) is 6.07 Å². The fraction of sp³-hybridized carbons (Fsp3) is 0.667. The van der Waals surface area contributed by atoms with Gasteiger partial charge in [0.15, 0.2) is 5.75 Å². The van der Waals surface area contributed by atoms with Gasteiger partial charge in [0.25, 0.3) is 0 Å². The number of pyridine rings is 1. The molecule has 0 atom stereocenters. The number of hydrogen-bond acceptors (Lipinski definition) is 4. The molecule has 0 aliphatic heterocycles. The van der Waals surface area contributed by atoms with Crippen molar-refractivity contribution in [3.63, 3.8) is 0 Å². The maximum atomic E-state index is 11.8. The Morgan fingerprint density at radius 2 is 2.00 bits per heavy atom. The van der Waals surface area contributed by atoms with Gasteiger partial charge in [0.2, 0.25) is 5.43 Å². The fourth-order valence-corrected chi connectivity index (χ4v) is 2.32. The van der Waals surface area contributed by atoms with Crippen molar-refractivity contribution < 1.29 is 9.84 Å². The normalized spacial score (nSPS) is 11.2. The van der Waals surface area contributed by atoms with Crippen molar-refractivity contribution in [2.24, 2.45) is 0 Å². The van der Waals surface area contributed by atoms with E-state index in [2.05, 4.69) is 18.7 Å². The van der Waals surface area contributed by atoms with Crippen LogP contribution in [0.5, 0.6) is 5.75 Å². The van der Waals surface area contributed by atoms with E-state index in [4.69, 9.17) is 4.74 Å². The molecular formula is C15H26N2O3. The monoisotopic (exact) mass is 282 g/mol. The molecule has 20 heavy (non-hydrogen) atoms. The molecule has 1 N–H and O–H groups in total. The van der Waals surface area contributed by atoms with Crippen LogP contribution in [-0.4, -0.2) is 41.4 Å². The second kappa shape index (κ2) is 8.07. The largest absolute Gasteiger partial charge is 0.503 e. The van der Waals surface area contributed by atoms with Gasteiger partial charge in [-0.25, -0.2) is 0 Å². The first-order chi connectivity index (χ1) is 9.54. The average molecular weight is 282 g/mol. The molecule has 0 saturated carbocycles. The number of ether oxygens (including phenoxy) is 1. The highest BCUT2D eigenvalue weighted by Crippen LogP contribution is 2.17. The summed E-state index contributed by atoms with van der Waals surface area (Å²) in [5.41, 5.74) is 1.29. The lowest BCUT2D eigenvalue weighted by molar-refractivity contribution is 0.188. The van der Waals surface area contributed by atoms with E-state index in [1.807, 2.05) is 11.5 Å². The van der Waals surface area contributed by atoms with Crippen LogP contribution in [0.2, 0.25) is 0 Å². The molecule has 1 rings (SSSR count). The van der Waals surface area contributed by atoms with Gasteiger partial charge >= 0.3 is 0 Å². The first-order valence-corrected chi connectivity index (χ1v) is 7.18. The van der Waals surface area contributed by atoms with Crippen LogP contribution < -0.4 is 5.43 Å². The standard InChI is InChI=1S/C15H26N2O3/c1-5-16(6-2)11-13-15(19)14(18)10-12(3)17(13)8-7-9-20-4/h10,19H,5-9,11H2,1-4H3. The molecule has 0 amide bonds. The van der Waals surface area contributed by atoms with Crippen molar-refractivity contribution >= 4 is 0 Å². The van der Waals surface area contributed by atoms with Gasteiger partial charge in [-0.2, -0.15) is 0 Å². The Kier molecular flexibility index (Phi) is 6.75. The Labute approximate surface area is 120 Å². The molecule has 0 radical (unpaired) electrons. The third-order valence-corrected chi connectivity index (χ3v) is 3.60. The SMILES string of the molecule is CCN(CC)Cc1c(O)c(=O)cc(C)n1CCCOC. The Balaban J connectivity index is 3.12. The molecule has 0 bridgehead atoms. The highest BCUT2D eigenvalue weighted by molar-refractivity contribution is 5.29. The number of rotatable bonds is 8. The Morgan fingerprint density at radius 1 is 1.35 bits per heavy atom. The Hall–Kier alpha value is -1.33. The molecule has 114 valence electrons. The lowest BCUT2D eigenvalue weighted by atomic mass is 10.2. The summed E-state index contributed by atoms with van der Waals surface area (Å²) >= 11 is 0. The Morgan fingerprint density at radius 3 is 2.55 bits per heavy atom. The van der Waals surface area contributed by atoms with E-state index in [1.54, 1.807) is 7.11 Å². The van der Waals surface area contributed by atoms with Crippen molar-refractivity contribution in [2.45, 2.75) is 40.3 Å². The van der Waals surface area contributed by atoms with Crippen LogP contribution >= 0.6 is 0 Å². The van der Waals surface area contributed by atoms with E-state index < -0.39 is 0 Å². The molecule has 0 unspecified atom stereocenters. The summed E-state index contributed by atoms with van der Waals surface area (Å²) in [6.07, 6.45) is 0.852. The Bertz CT molecular complexity index is 479. The predicted molar refractivity (Wildman–Crippen MR) is 80.2 cm³/mol. The second-order valence-electron chi connectivity index (χ2n) is 4.90. The second-order valence-corrected chi connectivity index (χ2v) is 4.90. The smallest absolute Gasteiger partial charge is 0.223 e. The highest BCUT2D eigenvalue weighted by Gasteiger charge is 2.15. The zero-order chi connectivity index (χ0) is 15.1. The molecule has 5 nitrogen and oxygen atoms in total. The lowest BCUT2D eigenvalue weighted by Crippen LogP contribution is -2.27. The molecule has 1 aromatic rings. The predicted octanol–water partition coefficient (Wildman–Crippen LogP) is 1.74. The van der Waals surface area contributed by atoms with E-state index in [9.17, 15) is 9.90 Å². The zero-order valence-corrected chi connectivity index (χ0v) is 13.0. The zero-order valence-electron chi connectivity index (χ0n) is 13.0. The van der Waals surface area contributed by atoms with Crippen LogP contribution in [0.15, 0.2) is 10.9 Å². The van der Waals surface area contributed by atoms with Crippen LogP contribution in [0.3, 0.4) is 0 Å². The van der Waals surface area contributed by atoms with Crippen LogP contribution in [0.4, 0.5) is 0 Å².